The van der Waals surface area contributed by atoms with Gasteiger partial charge in [0.25, 0.3) is 0 Å². The average Bonchev–Trinajstić information content (AvgIpc) is 3.11. The molecule has 0 spiro atoms. The Morgan fingerprint density at radius 3 is 2.69 bits per heavy atom. The fourth-order valence-electron chi connectivity index (χ4n) is 2.85. The lowest BCUT2D eigenvalue weighted by atomic mass is 9.88. The molecule has 1 aliphatic rings. The number of anilines is 1. The van der Waals surface area contributed by atoms with Crippen molar-refractivity contribution in [3.05, 3.63) is 35.3 Å². The molecule has 1 saturated heterocycles. The maximum atomic E-state index is 13.1. The molecule has 1 aromatic heterocycles. The van der Waals surface area contributed by atoms with Crippen LogP contribution in [-0.2, 0) is 11.3 Å². The van der Waals surface area contributed by atoms with Crippen LogP contribution >= 0.6 is 23.7 Å². The number of carbonyl (C=O) groups is 1. The largest absolute Gasteiger partial charge is 0.497 e. The molecule has 1 fully saturated rings. The number of hydrogen-bond acceptors (Lipinski definition) is 6. The Hall–Kier alpha value is -1.83. The molecular formula is C18H24ClN3O3S. The van der Waals surface area contributed by atoms with Crippen molar-refractivity contribution >= 4 is 34.8 Å². The molecule has 2 aromatic rings. The lowest BCUT2D eigenvalue weighted by Gasteiger charge is -2.34. The molecule has 1 atom stereocenters. The molecule has 1 aromatic carbocycles. The smallest absolute Gasteiger partial charge is 0.232 e. The lowest BCUT2D eigenvalue weighted by Crippen LogP contribution is -2.50. The van der Waals surface area contributed by atoms with Gasteiger partial charge in [-0.1, -0.05) is 6.92 Å². The van der Waals surface area contributed by atoms with Crippen molar-refractivity contribution in [2.75, 3.05) is 32.2 Å². The van der Waals surface area contributed by atoms with Gasteiger partial charge in [-0.05, 0) is 31.1 Å². The quantitative estimate of drug-likeness (QED) is 0.778. The zero-order valence-corrected chi connectivity index (χ0v) is 16.7. The van der Waals surface area contributed by atoms with E-state index in [1.54, 1.807) is 25.3 Å². The number of nitrogens with zero attached hydrogens (tertiary/aromatic N) is 2. The first-order valence-electron chi connectivity index (χ1n) is 8.26. The van der Waals surface area contributed by atoms with E-state index in [1.807, 2.05) is 30.5 Å². The average molecular weight is 398 g/mol. The Morgan fingerprint density at radius 2 is 2.15 bits per heavy atom. The molecule has 1 aliphatic heterocycles. The predicted octanol–water partition coefficient (Wildman–Crippen LogP) is 2.97. The van der Waals surface area contributed by atoms with Crippen LogP contribution in [0.3, 0.4) is 0 Å². The second kappa shape index (κ2) is 9.21. The van der Waals surface area contributed by atoms with E-state index in [0.29, 0.717) is 23.3 Å². The van der Waals surface area contributed by atoms with E-state index in [0.717, 1.165) is 24.4 Å². The van der Waals surface area contributed by atoms with Crippen molar-refractivity contribution in [3.63, 3.8) is 0 Å². The molecule has 1 amide bonds. The van der Waals surface area contributed by atoms with Gasteiger partial charge in [0.1, 0.15) is 11.5 Å². The molecule has 6 nitrogen and oxygen atoms in total. The Morgan fingerprint density at radius 1 is 1.38 bits per heavy atom. The summed E-state index contributed by atoms with van der Waals surface area (Å²) in [5.74, 6) is 1.86. The van der Waals surface area contributed by atoms with E-state index in [1.165, 1.54) is 11.3 Å². The molecule has 1 unspecified atom stereocenters. The minimum atomic E-state index is -0.0469. The van der Waals surface area contributed by atoms with Crippen molar-refractivity contribution in [1.82, 2.24) is 10.3 Å². The summed E-state index contributed by atoms with van der Waals surface area (Å²) in [6.45, 7) is 4.21. The molecule has 0 saturated carbocycles. The first kappa shape index (κ1) is 20.5. The van der Waals surface area contributed by atoms with Crippen molar-refractivity contribution in [2.24, 2.45) is 11.8 Å². The third-order valence-corrected chi connectivity index (χ3v) is 5.44. The maximum Gasteiger partial charge on any atom is 0.232 e. The van der Waals surface area contributed by atoms with E-state index < -0.39 is 0 Å². The van der Waals surface area contributed by atoms with Gasteiger partial charge in [-0.3, -0.25) is 9.69 Å². The monoisotopic (exact) mass is 397 g/mol. The van der Waals surface area contributed by atoms with E-state index in [9.17, 15) is 4.79 Å². The Kier molecular flexibility index (Phi) is 7.25. The molecule has 142 valence electrons. The van der Waals surface area contributed by atoms with Crippen LogP contribution in [0.1, 0.15) is 12.5 Å². The summed E-state index contributed by atoms with van der Waals surface area (Å²) < 4.78 is 10.7. The highest BCUT2D eigenvalue weighted by Crippen LogP contribution is 2.30. The van der Waals surface area contributed by atoms with Crippen molar-refractivity contribution in [1.29, 1.82) is 0 Å². The van der Waals surface area contributed by atoms with Gasteiger partial charge in [0, 0.05) is 29.1 Å². The second-order valence-electron chi connectivity index (χ2n) is 6.12. The summed E-state index contributed by atoms with van der Waals surface area (Å²) >= 11 is 1.47. The number of halogens is 1. The molecule has 26 heavy (non-hydrogen) atoms. The molecule has 1 N–H and O–H groups in total. The normalized spacial score (nSPS) is 14.7. The predicted molar refractivity (Wildman–Crippen MR) is 106 cm³/mol. The zero-order valence-electron chi connectivity index (χ0n) is 15.1. The van der Waals surface area contributed by atoms with E-state index in [2.05, 4.69) is 10.3 Å². The van der Waals surface area contributed by atoms with Crippen LogP contribution in [0.25, 0.3) is 0 Å². The molecule has 2 heterocycles. The van der Waals surface area contributed by atoms with Crippen molar-refractivity contribution < 1.29 is 14.3 Å². The molecule has 0 radical (unpaired) electrons. The van der Waals surface area contributed by atoms with E-state index in [-0.39, 0.29) is 24.2 Å². The van der Waals surface area contributed by atoms with Crippen molar-refractivity contribution in [3.8, 4) is 11.5 Å². The standard InChI is InChI=1S/C18H23N3O3S.ClH/c1-12(14-9-19-10-14)17(22)21(18-20-6-7-25-18)11-13-4-5-15(23-2)8-16(13)24-3;/h4-8,12,14,19H,9-11H2,1-3H3;1H. The number of rotatable bonds is 7. The Bertz CT molecular complexity index is 722. The summed E-state index contributed by atoms with van der Waals surface area (Å²) in [6.07, 6.45) is 1.72. The van der Waals surface area contributed by atoms with Gasteiger partial charge < -0.3 is 14.8 Å². The van der Waals surface area contributed by atoms with Crippen LogP contribution in [0.15, 0.2) is 29.8 Å². The number of hydrogen-bond donors (Lipinski definition) is 1. The Labute approximate surface area is 163 Å². The first-order chi connectivity index (χ1) is 12.1. The highest BCUT2D eigenvalue weighted by molar-refractivity contribution is 7.13. The van der Waals surface area contributed by atoms with Gasteiger partial charge in [0.05, 0.1) is 20.8 Å². The van der Waals surface area contributed by atoms with Crippen LogP contribution in [0.5, 0.6) is 11.5 Å². The van der Waals surface area contributed by atoms with Crippen LogP contribution < -0.4 is 19.7 Å². The topological polar surface area (TPSA) is 63.7 Å². The van der Waals surface area contributed by atoms with Crippen LogP contribution in [0.4, 0.5) is 5.13 Å². The number of carbonyl (C=O) groups excluding carboxylic acids is 1. The van der Waals surface area contributed by atoms with Crippen LogP contribution in [-0.4, -0.2) is 38.2 Å². The third-order valence-electron chi connectivity index (χ3n) is 4.65. The fraction of sp³-hybridized carbons (Fsp3) is 0.444. The minimum Gasteiger partial charge on any atom is -0.497 e. The van der Waals surface area contributed by atoms with Gasteiger partial charge in [-0.15, -0.1) is 23.7 Å². The number of nitrogens with one attached hydrogen (secondary N) is 1. The lowest BCUT2D eigenvalue weighted by molar-refractivity contribution is -0.124. The van der Waals surface area contributed by atoms with Gasteiger partial charge in [-0.25, -0.2) is 4.98 Å². The van der Waals surface area contributed by atoms with Crippen LogP contribution in [0.2, 0.25) is 0 Å². The molecular weight excluding hydrogens is 374 g/mol. The minimum absolute atomic E-state index is 0. The summed E-state index contributed by atoms with van der Waals surface area (Å²) in [5.41, 5.74) is 0.922. The van der Waals surface area contributed by atoms with Crippen LogP contribution in [0, 0.1) is 11.8 Å². The summed E-state index contributed by atoms with van der Waals surface area (Å²) in [7, 11) is 3.24. The summed E-state index contributed by atoms with van der Waals surface area (Å²) in [5, 5.41) is 5.83. The molecule has 8 heteroatoms. The number of thiazole rings is 1. The summed E-state index contributed by atoms with van der Waals surface area (Å²) in [6, 6.07) is 5.64. The number of aromatic nitrogens is 1. The fourth-order valence-corrected chi connectivity index (χ4v) is 3.50. The van der Waals surface area contributed by atoms with Crippen molar-refractivity contribution in [2.45, 2.75) is 13.5 Å². The third kappa shape index (κ3) is 4.28. The number of methoxy groups -OCH3 is 2. The number of benzene rings is 1. The van der Waals surface area contributed by atoms with Gasteiger partial charge >= 0.3 is 0 Å². The molecule has 0 aliphatic carbocycles. The number of amides is 1. The highest BCUT2D eigenvalue weighted by atomic mass is 35.5. The highest BCUT2D eigenvalue weighted by Gasteiger charge is 2.33. The zero-order chi connectivity index (χ0) is 17.8. The summed E-state index contributed by atoms with van der Waals surface area (Å²) in [4.78, 5) is 19.2. The molecule has 3 rings (SSSR count). The molecule has 0 bridgehead atoms. The van der Waals surface area contributed by atoms with Gasteiger partial charge in [-0.2, -0.15) is 0 Å². The maximum absolute atomic E-state index is 13.1. The van der Waals surface area contributed by atoms with Gasteiger partial charge in [0.15, 0.2) is 5.13 Å². The van der Waals surface area contributed by atoms with Gasteiger partial charge in [0.2, 0.25) is 5.91 Å². The van der Waals surface area contributed by atoms with E-state index >= 15 is 0 Å². The second-order valence-corrected chi connectivity index (χ2v) is 7.00. The Balaban J connectivity index is 0.00000243. The number of ether oxygens (including phenoxy) is 2. The first-order valence-corrected chi connectivity index (χ1v) is 9.14. The van der Waals surface area contributed by atoms with E-state index in [4.69, 9.17) is 9.47 Å². The SMILES string of the molecule is COc1ccc(CN(C(=O)C(C)C2CNC2)c2nccs2)c(OC)c1.Cl.